The maximum Gasteiger partial charge on any atom is 0.329 e. The summed E-state index contributed by atoms with van der Waals surface area (Å²) in [5, 5.41) is 9.08. The Kier molecular flexibility index (Phi) is 9.42. The van der Waals surface area contributed by atoms with E-state index in [4.69, 9.17) is 32.7 Å². The Hall–Kier alpha value is -4.15. The molecule has 0 aliphatic rings. The van der Waals surface area contributed by atoms with Gasteiger partial charge in [-0.1, -0.05) is 41.4 Å². The molecule has 0 aromatic heterocycles. The predicted octanol–water partition coefficient (Wildman–Crippen LogP) is 4.56. The molecule has 192 valence electrons. The van der Waals surface area contributed by atoms with Crippen molar-refractivity contribution < 1.29 is 28.2 Å². The lowest BCUT2D eigenvalue weighted by Crippen LogP contribution is -2.32. The minimum absolute atomic E-state index is 0.0131. The van der Waals surface area contributed by atoms with E-state index in [1.807, 2.05) is 0 Å². The van der Waals surface area contributed by atoms with E-state index in [1.165, 1.54) is 49.7 Å². The van der Waals surface area contributed by atoms with Gasteiger partial charge in [-0.25, -0.2) is 9.82 Å². The summed E-state index contributed by atoms with van der Waals surface area (Å²) in [7, 11) is 1.36. The van der Waals surface area contributed by atoms with Gasteiger partial charge in [0.15, 0.2) is 18.1 Å². The van der Waals surface area contributed by atoms with Crippen molar-refractivity contribution in [3.05, 3.63) is 81.6 Å². The second-order valence-electron chi connectivity index (χ2n) is 7.47. The highest BCUT2D eigenvalue weighted by molar-refractivity contribution is 6.40. The van der Waals surface area contributed by atoms with Crippen LogP contribution in [0.5, 0.6) is 11.5 Å². The van der Waals surface area contributed by atoms with Gasteiger partial charge in [-0.2, -0.15) is 5.10 Å². The third-order valence-corrected chi connectivity index (χ3v) is 5.45. The van der Waals surface area contributed by atoms with E-state index in [1.54, 1.807) is 25.1 Å². The number of halogens is 3. The predicted molar refractivity (Wildman–Crippen MR) is 139 cm³/mol. The summed E-state index contributed by atoms with van der Waals surface area (Å²) in [6.45, 7) is 1.34. The minimum atomic E-state index is -1.01. The monoisotopic (exact) mass is 546 g/mol. The van der Waals surface area contributed by atoms with Crippen LogP contribution < -0.4 is 25.5 Å². The fourth-order valence-electron chi connectivity index (χ4n) is 2.92. The summed E-state index contributed by atoms with van der Waals surface area (Å²) in [5.74, 6) is -2.89. The summed E-state index contributed by atoms with van der Waals surface area (Å²) < 4.78 is 24.4. The lowest BCUT2D eigenvalue weighted by molar-refractivity contribution is -0.136. The normalized spacial score (nSPS) is 10.6. The first-order valence-corrected chi connectivity index (χ1v) is 11.4. The topological polar surface area (TPSA) is 118 Å². The molecule has 0 saturated carbocycles. The molecule has 0 bridgehead atoms. The Labute approximate surface area is 221 Å². The van der Waals surface area contributed by atoms with Crippen molar-refractivity contribution in [2.75, 3.05) is 24.4 Å². The van der Waals surface area contributed by atoms with Crippen LogP contribution >= 0.6 is 23.2 Å². The molecule has 3 aromatic carbocycles. The molecule has 0 saturated heterocycles. The number of hydrogen-bond acceptors (Lipinski definition) is 6. The van der Waals surface area contributed by atoms with Crippen LogP contribution in [0.2, 0.25) is 10.0 Å². The average Bonchev–Trinajstić information content (AvgIpc) is 2.86. The van der Waals surface area contributed by atoms with Crippen LogP contribution in [0.25, 0.3) is 0 Å². The van der Waals surface area contributed by atoms with E-state index >= 15 is 0 Å². The Bertz CT molecular complexity index is 1370. The van der Waals surface area contributed by atoms with Gasteiger partial charge in [0, 0.05) is 10.7 Å². The number of benzene rings is 3. The van der Waals surface area contributed by atoms with Gasteiger partial charge in [0.2, 0.25) is 0 Å². The zero-order valence-corrected chi connectivity index (χ0v) is 21.1. The van der Waals surface area contributed by atoms with Crippen molar-refractivity contribution in [1.29, 1.82) is 0 Å². The van der Waals surface area contributed by atoms with Crippen LogP contribution in [0, 0.1) is 12.7 Å². The molecule has 0 aliphatic carbocycles. The summed E-state index contributed by atoms with van der Waals surface area (Å²) >= 11 is 12.3. The molecule has 0 heterocycles. The molecule has 3 rings (SSSR count). The molecule has 3 amide bonds. The summed E-state index contributed by atoms with van der Waals surface area (Å²) in [6, 6.07) is 13.5. The fraction of sp³-hybridized carbons (Fsp3) is 0.120. The lowest BCUT2D eigenvalue weighted by Gasteiger charge is -2.13. The number of carbonyl (C=O) groups is 3. The van der Waals surface area contributed by atoms with Gasteiger partial charge in [0.25, 0.3) is 5.91 Å². The van der Waals surface area contributed by atoms with E-state index in [-0.39, 0.29) is 22.2 Å². The quantitative estimate of drug-likeness (QED) is 0.217. The second kappa shape index (κ2) is 12.7. The first-order valence-electron chi connectivity index (χ1n) is 10.6. The number of amides is 3. The van der Waals surface area contributed by atoms with Crippen molar-refractivity contribution in [3.8, 4) is 11.5 Å². The molecule has 0 spiro atoms. The number of hydrazone groups is 1. The first kappa shape index (κ1) is 27.4. The summed E-state index contributed by atoms with van der Waals surface area (Å²) in [5.41, 5.74) is 3.70. The van der Waals surface area contributed by atoms with Crippen LogP contribution in [0.3, 0.4) is 0 Å². The number of nitrogens with zero attached hydrogens (tertiary/aromatic N) is 1. The van der Waals surface area contributed by atoms with E-state index in [0.717, 1.165) is 5.56 Å². The average molecular weight is 547 g/mol. The number of para-hydroxylation sites is 1. The Morgan fingerprint density at radius 1 is 1.00 bits per heavy atom. The molecule has 12 heteroatoms. The third kappa shape index (κ3) is 7.66. The van der Waals surface area contributed by atoms with Crippen LogP contribution in [-0.4, -0.2) is 37.7 Å². The molecule has 0 radical (unpaired) electrons. The highest BCUT2D eigenvalue weighted by Crippen LogP contribution is 2.36. The third-order valence-electron chi connectivity index (χ3n) is 4.76. The SMILES string of the molecule is COc1cc(/C=N\NC(=O)C(=O)Nc2ccc(C)c(Cl)c2)cc(Cl)c1OCC(=O)Nc1ccccc1F. The van der Waals surface area contributed by atoms with Crippen molar-refractivity contribution in [1.82, 2.24) is 5.43 Å². The second-order valence-corrected chi connectivity index (χ2v) is 8.28. The lowest BCUT2D eigenvalue weighted by atomic mass is 10.2. The van der Waals surface area contributed by atoms with E-state index in [9.17, 15) is 18.8 Å². The minimum Gasteiger partial charge on any atom is -0.493 e. The molecule has 3 aromatic rings. The van der Waals surface area contributed by atoms with Crippen molar-refractivity contribution >= 4 is 58.5 Å². The van der Waals surface area contributed by atoms with E-state index in [0.29, 0.717) is 16.3 Å². The first-order chi connectivity index (χ1) is 17.7. The maximum absolute atomic E-state index is 13.7. The number of rotatable bonds is 8. The Morgan fingerprint density at radius 3 is 2.46 bits per heavy atom. The van der Waals surface area contributed by atoms with Crippen LogP contribution in [0.15, 0.2) is 59.7 Å². The number of carbonyl (C=O) groups excluding carboxylic acids is 3. The highest BCUT2D eigenvalue weighted by atomic mass is 35.5. The van der Waals surface area contributed by atoms with E-state index < -0.39 is 30.1 Å². The van der Waals surface area contributed by atoms with Crippen molar-refractivity contribution in [2.45, 2.75) is 6.92 Å². The zero-order chi connectivity index (χ0) is 26.9. The summed E-state index contributed by atoms with van der Waals surface area (Å²) in [4.78, 5) is 36.2. The van der Waals surface area contributed by atoms with Gasteiger partial charge in [-0.15, -0.1) is 0 Å². The standard InChI is InChI=1S/C25H21Cl2FN4O5/c1-14-7-8-16(11-17(14)26)30-24(34)25(35)32-29-12-15-9-18(27)23(21(10-15)36-2)37-13-22(33)31-20-6-4-3-5-19(20)28/h3-12H,13H2,1-2H3,(H,30,34)(H,31,33)(H,32,35)/b29-12-. The van der Waals surface area contributed by atoms with Gasteiger partial charge in [0.1, 0.15) is 5.82 Å². The number of hydrogen-bond donors (Lipinski definition) is 3. The van der Waals surface area contributed by atoms with Gasteiger partial charge < -0.3 is 20.1 Å². The Balaban J connectivity index is 1.59. The van der Waals surface area contributed by atoms with Gasteiger partial charge in [0.05, 0.1) is 24.0 Å². The van der Waals surface area contributed by atoms with Crippen molar-refractivity contribution in [3.63, 3.8) is 0 Å². The molecule has 0 aliphatic heterocycles. The number of anilines is 2. The van der Waals surface area contributed by atoms with Gasteiger partial charge in [-0.05, 0) is 54.4 Å². The Morgan fingerprint density at radius 2 is 1.76 bits per heavy atom. The number of nitrogens with one attached hydrogen (secondary N) is 3. The molecule has 0 fully saturated rings. The smallest absolute Gasteiger partial charge is 0.329 e. The molecule has 0 unspecified atom stereocenters. The van der Waals surface area contributed by atoms with Crippen LogP contribution in [0.1, 0.15) is 11.1 Å². The fourth-order valence-corrected chi connectivity index (χ4v) is 3.37. The maximum atomic E-state index is 13.7. The van der Waals surface area contributed by atoms with Crippen LogP contribution in [0.4, 0.5) is 15.8 Å². The molecular formula is C25H21Cl2FN4O5. The molecule has 0 atom stereocenters. The summed E-state index contributed by atoms with van der Waals surface area (Å²) in [6.07, 6.45) is 1.23. The highest BCUT2D eigenvalue weighted by Gasteiger charge is 2.16. The largest absolute Gasteiger partial charge is 0.493 e. The van der Waals surface area contributed by atoms with Crippen LogP contribution in [-0.2, 0) is 14.4 Å². The molecule has 3 N–H and O–H groups in total. The number of ether oxygens (including phenoxy) is 2. The molecular weight excluding hydrogens is 526 g/mol. The number of methoxy groups -OCH3 is 1. The zero-order valence-electron chi connectivity index (χ0n) is 19.6. The molecule has 37 heavy (non-hydrogen) atoms. The molecule has 9 nitrogen and oxygen atoms in total. The van der Waals surface area contributed by atoms with E-state index in [2.05, 4.69) is 21.2 Å². The van der Waals surface area contributed by atoms with Gasteiger partial charge >= 0.3 is 11.8 Å². The van der Waals surface area contributed by atoms with Crippen molar-refractivity contribution in [2.24, 2.45) is 5.10 Å². The number of aryl methyl sites for hydroxylation is 1. The van der Waals surface area contributed by atoms with Gasteiger partial charge in [-0.3, -0.25) is 14.4 Å².